The molecule has 1 aromatic carbocycles. The van der Waals surface area contributed by atoms with Crippen molar-refractivity contribution in [3.8, 4) is 5.75 Å². The van der Waals surface area contributed by atoms with E-state index in [1.807, 2.05) is 25.1 Å². The maximum atomic E-state index is 11.1. The Kier molecular flexibility index (Phi) is 6.46. The molecule has 0 atom stereocenters. The number of carbonyl (C=O) groups excluding carboxylic acids is 1. The number of aldehydes is 1. The highest BCUT2D eigenvalue weighted by Gasteiger charge is 2.06. The Morgan fingerprint density at radius 3 is 2.62 bits per heavy atom. The lowest BCUT2D eigenvalue weighted by Crippen LogP contribution is -2.10. The minimum absolute atomic E-state index is 0.221. The number of rotatable bonds is 7. The quantitative estimate of drug-likeness (QED) is 0.266. The molecule has 0 saturated carbocycles. The summed E-state index contributed by atoms with van der Waals surface area (Å²) < 4.78 is 5.63. The lowest BCUT2D eigenvalue weighted by molar-refractivity contribution is -0.106. The van der Waals surface area contributed by atoms with Crippen LogP contribution >= 0.6 is 0 Å². The van der Waals surface area contributed by atoms with Gasteiger partial charge in [0.05, 0.1) is 5.71 Å². The van der Waals surface area contributed by atoms with Gasteiger partial charge in [-0.15, -0.1) is 0 Å². The first-order valence-electron chi connectivity index (χ1n) is 6.89. The van der Waals surface area contributed by atoms with Crippen LogP contribution in [0.25, 0.3) is 0 Å². The van der Waals surface area contributed by atoms with Crippen LogP contribution in [0.1, 0.15) is 26.3 Å². The Balaban J connectivity index is 2.91. The van der Waals surface area contributed by atoms with E-state index in [0.717, 1.165) is 11.3 Å². The van der Waals surface area contributed by atoms with Crippen LogP contribution in [0.3, 0.4) is 0 Å². The molecule has 0 aliphatic rings. The molecule has 0 aliphatic heterocycles. The molecule has 0 heterocycles. The predicted molar refractivity (Wildman–Crippen MR) is 86.9 cm³/mol. The largest absolute Gasteiger partial charge is 0.454 e. The highest BCUT2D eigenvalue weighted by atomic mass is 16.5. The Bertz CT molecular complexity index is 548. The van der Waals surface area contributed by atoms with Gasteiger partial charge in [-0.05, 0) is 51.5 Å². The minimum Gasteiger partial charge on any atom is -0.454 e. The molecule has 21 heavy (non-hydrogen) atoms. The van der Waals surface area contributed by atoms with Crippen LogP contribution < -0.4 is 15.5 Å². The number of hydrogen-bond acceptors (Lipinski definition) is 5. The van der Waals surface area contributed by atoms with Crippen molar-refractivity contribution in [2.75, 3.05) is 12.4 Å². The zero-order valence-corrected chi connectivity index (χ0v) is 13.2. The first-order valence-corrected chi connectivity index (χ1v) is 6.89. The van der Waals surface area contributed by atoms with Gasteiger partial charge in [-0.1, -0.05) is 0 Å². The number of hydrazone groups is 1. The molecule has 0 saturated heterocycles. The van der Waals surface area contributed by atoms with E-state index in [1.165, 1.54) is 0 Å². The molecule has 2 N–H and O–H groups in total. The maximum Gasteiger partial charge on any atom is 0.185 e. The van der Waals surface area contributed by atoms with E-state index in [1.54, 1.807) is 20.0 Å². The monoisotopic (exact) mass is 289 g/mol. The normalized spacial score (nSPS) is 12.3. The Morgan fingerprint density at radius 2 is 2.10 bits per heavy atom. The SMILES string of the molecule is CN/N=C(C)\C=C(/C=O)Oc1ccc(NC(C)C)cc1C. The average Bonchev–Trinajstić information content (AvgIpc) is 2.40. The Hall–Kier alpha value is -2.30. The van der Waals surface area contributed by atoms with Gasteiger partial charge in [0, 0.05) is 24.9 Å². The molecule has 0 radical (unpaired) electrons. The minimum atomic E-state index is 0.221. The number of nitrogens with one attached hydrogen (secondary N) is 2. The van der Waals surface area contributed by atoms with Crippen LogP contribution in [0, 0.1) is 6.92 Å². The standard InChI is InChI=1S/C16H23N3O2/c1-11(2)18-14-6-7-16(12(3)8-14)21-15(10-20)9-13(4)19-17-5/h6-11,17-18H,1-5H3/b15-9+,19-13-. The summed E-state index contributed by atoms with van der Waals surface area (Å²) in [5.74, 6) is 0.874. The van der Waals surface area contributed by atoms with E-state index < -0.39 is 0 Å². The second-order valence-electron chi connectivity index (χ2n) is 5.02. The fraction of sp³-hybridized carbons (Fsp3) is 0.375. The number of anilines is 1. The topological polar surface area (TPSA) is 62.7 Å². The van der Waals surface area contributed by atoms with Crippen molar-refractivity contribution in [3.63, 3.8) is 0 Å². The molecule has 0 aliphatic carbocycles. The van der Waals surface area contributed by atoms with E-state index in [-0.39, 0.29) is 5.76 Å². The van der Waals surface area contributed by atoms with Crippen molar-refractivity contribution in [1.82, 2.24) is 5.43 Å². The summed E-state index contributed by atoms with van der Waals surface area (Å²) in [7, 11) is 1.70. The number of nitrogens with zero attached hydrogens (tertiary/aromatic N) is 1. The summed E-state index contributed by atoms with van der Waals surface area (Å²) in [6.07, 6.45) is 2.26. The molecular weight excluding hydrogens is 266 g/mol. The van der Waals surface area contributed by atoms with Crippen molar-refractivity contribution < 1.29 is 9.53 Å². The molecule has 0 fully saturated rings. The molecule has 1 rings (SSSR count). The van der Waals surface area contributed by atoms with Gasteiger partial charge in [0.1, 0.15) is 5.75 Å². The number of carbonyl (C=O) groups is 1. The number of allylic oxidation sites excluding steroid dienone is 2. The third kappa shape index (κ3) is 5.69. The highest BCUT2D eigenvalue weighted by molar-refractivity contribution is 5.96. The second kappa shape index (κ2) is 8.09. The molecule has 114 valence electrons. The van der Waals surface area contributed by atoms with Gasteiger partial charge in [0.25, 0.3) is 0 Å². The maximum absolute atomic E-state index is 11.1. The van der Waals surface area contributed by atoms with E-state index >= 15 is 0 Å². The van der Waals surface area contributed by atoms with Crippen LogP contribution in [0.4, 0.5) is 5.69 Å². The average molecular weight is 289 g/mol. The summed E-state index contributed by atoms with van der Waals surface area (Å²) >= 11 is 0. The number of benzene rings is 1. The third-order valence-corrected chi connectivity index (χ3v) is 2.61. The van der Waals surface area contributed by atoms with E-state index in [9.17, 15) is 4.79 Å². The van der Waals surface area contributed by atoms with Crippen molar-refractivity contribution in [1.29, 1.82) is 0 Å². The molecule has 5 nitrogen and oxygen atoms in total. The second-order valence-corrected chi connectivity index (χ2v) is 5.02. The predicted octanol–water partition coefficient (Wildman–Crippen LogP) is 2.87. The molecule has 0 unspecified atom stereocenters. The lowest BCUT2D eigenvalue weighted by Gasteiger charge is -2.13. The van der Waals surface area contributed by atoms with Crippen LogP contribution in [0.2, 0.25) is 0 Å². The first-order chi connectivity index (χ1) is 9.96. The zero-order chi connectivity index (χ0) is 15.8. The van der Waals surface area contributed by atoms with Crippen molar-refractivity contribution in [3.05, 3.63) is 35.6 Å². The number of hydrogen-bond donors (Lipinski definition) is 2. The van der Waals surface area contributed by atoms with Crippen molar-refractivity contribution in [2.45, 2.75) is 33.7 Å². The van der Waals surface area contributed by atoms with Crippen molar-refractivity contribution in [2.24, 2.45) is 5.10 Å². The van der Waals surface area contributed by atoms with Crippen LogP contribution in [-0.2, 0) is 4.79 Å². The molecular formula is C16H23N3O2. The van der Waals surface area contributed by atoms with E-state index in [2.05, 4.69) is 29.7 Å². The van der Waals surface area contributed by atoms with Gasteiger partial charge in [-0.2, -0.15) is 5.10 Å². The molecule has 5 heteroatoms. The summed E-state index contributed by atoms with van der Waals surface area (Å²) in [6.45, 7) is 7.89. The molecule has 1 aromatic rings. The molecule has 0 amide bonds. The van der Waals surface area contributed by atoms with Gasteiger partial charge < -0.3 is 15.5 Å². The third-order valence-electron chi connectivity index (χ3n) is 2.61. The van der Waals surface area contributed by atoms with Crippen LogP contribution in [-0.4, -0.2) is 25.1 Å². The summed E-state index contributed by atoms with van der Waals surface area (Å²) in [5, 5.41) is 7.29. The van der Waals surface area contributed by atoms with Gasteiger partial charge in [-0.3, -0.25) is 4.79 Å². The number of ether oxygens (including phenoxy) is 1. The zero-order valence-electron chi connectivity index (χ0n) is 13.2. The van der Waals surface area contributed by atoms with Crippen molar-refractivity contribution >= 4 is 17.7 Å². The molecule has 0 bridgehead atoms. The smallest absolute Gasteiger partial charge is 0.185 e. The van der Waals surface area contributed by atoms with Gasteiger partial charge in [-0.25, -0.2) is 0 Å². The van der Waals surface area contributed by atoms with Crippen LogP contribution in [0.5, 0.6) is 5.75 Å². The summed E-state index contributed by atoms with van der Waals surface area (Å²) in [4.78, 5) is 11.1. The first kappa shape index (κ1) is 16.8. The summed E-state index contributed by atoms with van der Waals surface area (Å²) in [6, 6.07) is 6.13. The van der Waals surface area contributed by atoms with E-state index in [0.29, 0.717) is 23.8 Å². The van der Waals surface area contributed by atoms with Crippen LogP contribution in [0.15, 0.2) is 35.1 Å². The summed E-state index contributed by atoms with van der Waals surface area (Å²) in [5.41, 5.74) is 5.31. The van der Waals surface area contributed by atoms with Gasteiger partial charge >= 0.3 is 0 Å². The Morgan fingerprint density at radius 1 is 1.38 bits per heavy atom. The fourth-order valence-electron chi connectivity index (χ4n) is 1.82. The molecule has 0 aromatic heterocycles. The Labute approximate surface area is 126 Å². The highest BCUT2D eigenvalue weighted by Crippen LogP contribution is 2.23. The fourth-order valence-corrected chi connectivity index (χ4v) is 1.82. The molecule has 0 spiro atoms. The van der Waals surface area contributed by atoms with Gasteiger partial charge in [0.15, 0.2) is 12.0 Å². The van der Waals surface area contributed by atoms with Gasteiger partial charge in [0.2, 0.25) is 0 Å². The van der Waals surface area contributed by atoms with E-state index in [4.69, 9.17) is 4.74 Å². The lowest BCUT2D eigenvalue weighted by atomic mass is 10.2. The number of aryl methyl sites for hydroxylation is 1.